The average molecular weight is 449 g/mol. The molecule has 0 aliphatic carbocycles. The number of hydrogen-bond donors (Lipinski definition) is 0. The first kappa shape index (κ1) is 23.2. The van der Waals surface area contributed by atoms with Crippen molar-refractivity contribution in [1.29, 1.82) is 10.5 Å². The van der Waals surface area contributed by atoms with Gasteiger partial charge in [-0.25, -0.2) is 8.42 Å². The van der Waals surface area contributed by atoms with E-state index in [-0.39, 0.29) is 29.8 Å². The Hall–Kier alpha value is -3.46. The molecule has 2 aromatic carbocycles. The van der Waals surface area contributed by atoms with Crippen molar-refractivity contribution < 1.29 is 13.2 Å². The zero-order valence-corrected chi connectivity index (χ0v) is 18.5. The third-order valence-electron chi connectivity index (χ3n) is 5.54. The first-order valence-corrected chi connectivity index (χ1v) is 11.7. The van der Waals surface area contributed by atoms with Gasteiger partial charge in [0.1, 0.15) is 0 Å². The summed E-state index contributed by atoms with van der Waals surface area (Å²) in [4.78, 5) is 15.0. The molecule has 0 bridgehead atoms. The number of carbonyl (C=O) groups is 1. The Labute approximate surface area is 188 Å². The predicted octanol–water partition coefficient (Wildman–Crippen LogP) is 3.05. The Morgan fingerprint density at radius 1 is 1.03 bits per heavy atom. The Morgan fingerprint density at radius 2 is 1.56 bits per heavy atom. The first-order chi connectivity index (χ1) is 15.4. The molecule has 8 heteroatoms. The normalized spacial score (nSPS) is 14.8. The number of piperidine rings is 1. The van der Waals surface area contributed by atoms with Crippen LogP contribution in [0.2, 0.25) is 0 Å². The van der Waals surface area contributed by atoms with Gasteiger partial charge in [0.25, 0.3) is 0 Å². The highest BCUT2D eigenvalue weighted by molar-refractivity contribution is 7.89. The first-order valence-electron chi connectivity index (χ1n) is 10.3. The zero-order valence-electron chi connectivity index (χ0n) is 17.6. The van der Waals surface area contributed by atoms with E-state index in [4.69, 9.17) is 10.5 Å². The predicted molar refractivity (Wildman–Crippen MR) is 119 cm³/mol. The molecule has 0 aromatic heterocycles. The molecule has 1 heterocycles. The lowest BCUT2D eigenvalue weighted by molar-refractivity contribution is -0.136. The van der Waals surface area contributed by atoms with Gasteiger partial charge in [-0.05, 0) is 54.8 Å². The van der Waals surface area contributed by atoms with Crippen molar-refractivity contribution in [3.8, 4) is 12.1 Å². The lowest BCUT2D eigenvalue weighted by atomic mass is 9.96. The van der Waals surface area contributed by atoms with Gasteiger partial charge in [0, 0.05) is 32.1 Å². The molecule has 0 unspecified atom stereocenters. The molecule has 3 rings (SSSR count). The van der Waals surface area contributed by atoms with Crippen LogP contribution in [0.1, 0.15) is 29.5 Å². The number of sulfonamides is 1. The van der Waals surface area contributed by atoms with Crippen LogP contribution in [-0.4, -0.2) is 43.2 Å². The molecule has 1 fully saturated rings. The number of carbonyl (C=O) groups excluding carboxylic acids is 1. The van der Waals surface area contributed by atoms with E-state index in [1.165, 1.54) is 28.6 Å². The van der Waals surface area contributed by atoms with Crippen molar-refractivity contribution in [2.45, 2.75) is 24.3 Å². The smallest absolute Gasteiger partial charge is 0.243 e. The number of benzene rings is 2. The molecule has 32 heavy (non-hydrogen) atoms. The Bertz CT molecular complexity index is 1150. The quantitative estimate of drug-likeness (QED) is 0.606. The fourth-order valence-corrected chi connectivity index (χ4v) is 5.21. The van der Waals surface area contributed by atoms with Crippen molar-refractivity contribution in [2.75, 3.05) is 19.6 Å². The van der Waals surface area contributed by atoms with Crippen LogP contribution in [0.25, 0.3) is 0 Å². The number of rotatable bonds is 7. The largest absolute Gasteiger partial charge is 0.334 e. The SMILES string of the molecule is C=CCN(Cc1ccc(C#N)cc1)C(=O)C1CCN(S(=O)(=O)c2ccc(C#N)cc2)CC1. The molecule has 0 spiro atoms. The lowest BCUT2D eigenvalue weighted by Crippen LogP contribution is -2.44. The van der Waals surface area contributed by atoms with E-state index in [0.29, 0.717) is 37.1 Å². The minimum Gasteiger partial charge on any atom is -0.334 e. The van der Waals surface area contributed by atoms with Gasteiger partial charge in [-0.3, -0.25) is 4.79 Å². The van der Waals surface area contributed by atoms with Gasteiger partial charge < -0.3 is 4.90 Å². The van der Waals surface area contributed by atoms with Crippen LogP contribution in [0, 0.1) is 28.6 Å². The Balaban J connectivity index is 1.65. The fourth-order valence-electron chi connectivity index (χ4n) is 3.75. The topological polar surface area (TPSA) is 105 Å². The second-order valence-corrected chi connectivity index (χ2v) is 9.57. The van der Waals surface area contributed by atoms with Gasteiger partial charge in [0.05, 0.1) is 28.2 Å². The third kappa shape index (κ3) is 5.23. The summed E-state index contributed by atoms with van der Waals surface area (Å²) in [7, 11) is -3.67. The fraction of sp³-hybridized carbons (Fsp3) is 0.292. The molecule has 1 aliphatic rings. The van der Waals surface area contributed by atoms with Crippen molar-refractivity contribution in [3.05, 3.63) is 77.9 Å². The molecular weight excluding hydrogens is 424 g/mol. The summed E-state index contributed by atoms with van der Waals surface area (Å²) in [5.41, 5.74) is 1.88. The monoisotopic (exact) mass is 448 g/mol. The summed E-state index contributed by atoms with van der Waals surface area (Å²) in [5, 5.41) is 17.8. The van der Waals surface area contributed by atoms with Crippen LogP contribution in [0.4, 0.5) is 0 Å². The van der Waals surface area contributed by atoms with Gasteiger partial charge in [0.15, 0.2) is 0 Å². The van der Waals surface area contributed by atoms with Crippen molar-refractivity contribution >= 4 is 15.9 Å². The molecule has 7 nitrogen and oxygen atoms in total. The number of hydrogen-bond acceptors (Lipinski definition) is 5. The summed E-state index contributed by atoms with van der Waals surface area (Å²) >= 11 is 0. The minimum atomic E-state index is -3.67. The van der Waals surface area contributed by atoms with Crippen molar-refractivity contribution in [2.24, 2.45) is 5.92 Å². The maximum absolute atomic E-state index is 13.1. The summed E-state index contributed by atoms with van der Waals surface area (Å²) in [6.45, 7) is 5.06. The van der Waals surface area contributed by atoms with E-state index in [1.54, 1.807) is 23.1 Å². The lowest BCUT2D eigenvalue weighted by Gasteiger charge is -2.33. The molecule has 1 aliphatic heterocycles. The molecule has 1 amide bonds. The molecule has 1 saturated heterocycles. The van der Waals surface area contributed by atoms with Gasteiger partial charge in [0.2, 0.25) is 15.9 Å². The minimum absolute atomic E-state index is 0.0234. The summed E-state index contributed by atoms with van der Waals surface area (Å²) in [5.74, 6) is -0.287. The molecule has 0 radical (unpaired) electrons. The zero-order chi connectivity index (χ0) is 23.1. The average Bonchev–Trinajstić information content (AvgIpc) is 2.84. The van der Waals surface area contributed by atoms with Crippen LogP contribution < -0.4 is 0 Å². The third-order valence-corrected chi connectivity index (χ3v) is 7.45. The van der Waals surface area contributed by atoms with Crippen LogP contribution >= 0.6 is 0 Å². The van der Waals surface area contributed by atoms with Gasteiger partial charge >= 0.3 is 0 Å². The van der Waals surface area contributed by atoms with Crippen LogP contribution in [-0.2, 0) is 21.4 Å². The number of nitrogens with zero attached hydrogens (tertiary/aromatic N) is 4. The molecule has 2 aromatic rings. The van der Waals surface area contributed by atoms with Crippen molar-refractivity contribution in [3.63, 3.8) is 0 Å². The van der Waals surface area contributed by atoms with Gasteiger partial charge in [-0.1, -0.05) is 18.2 Å². The molecule has 0 N–H and O–H groups in total. The second-order valence-electron chi connectivity index (χ2n) is 7.63. The highest BCUT2D eigenvalue weighted by atomic mass is 32.2. The summed E-state index contributed by atoms with van der Waals surface area (Å²) in [6.07, 6.45) is 2.55. The summed E-state index contributed by atoms with van der Waals surface area (Å²) in [6, 6.07) is 17.0. The van der Waals surface area contributed by atoms with Gasteiger partial charge in [-0.2, -0.15) is 14.8 Å². The van der Waals surface area contributed by atoms with E-state index in [0.717, 1.165) is 5.56 Å². The Kier molecular flexibility index (Phi) is 7.42. The highest BCUT2D eigenvalue weighted by Gasteiger charge is 2.33. The number of amides is 1. The molecular formula is C24H24N4O3S. The van der Waals surface area contributed by atoms with E-state index in [9.17, 15) is 13.2 Å². The highest BCUT2D eigenvalue weighted by Crippen LogP contribution is 2.26. The summed E-state index contributed by atoms with van der Waals surface area (Å²) < 4.78 is 27.2. The Morgan fingerprint density at radius 3 is 2.06 bits per heavy atom. The maximum atomic E-state index is 13.1. The van der Waals surface area contributed by atoms with E-state index < -0.39 is 10.0 Å². The maximum Gasteiger partial charge on any atom is 0.243 e. The number of nitriles is 2. The van der Waals surface area contributed by atoms with Gasteiger partial charge in [-0.15, -0.1) is 6.58 Å². The molecule has 0 atom stereocenters. The van der Waals surface area contributed by atoms with Crippen LogP contribution in [0.15, 0.2) is 66.1 Å². The van der Waals surface area contributed by atoms with Crippen LogP contribution in [0.3, 0.4) is 0 Å². The van der Waals surface area contributed by atoms with E-state index in [2.05, 4.69) is 12.6 Å². The molecule has 164 valence electrons. The second kappa shape index (κ2) is 10.2. The van der Waals surface area contributed by atoms with Crippen molar-refractivity contribution in [1.82, 2.24) is 9.21 Å². The van der Waals surface area contributed by atoms with Crippen LogP contribution in [0.5, 0.6) is 0 Å². The molecule has 0 saturated carbocycles. The van der Waals surface area contributed by atoms with E-state index >= 15 is 0 Å². The standard InChI is InChI=1S/C24H24N4O3S/c1-2-13-27(18-21-5-3-19(16-25)4-6-21)24(29)22-11-14-28(15-12-22)32(30,31)23-9-7-20(17-26)8-10-23/h2-10,22H,1,11-15,18H2. The van der Waals surface area contributed by atoms with E-state index in [1.807, 2.05) is 18.2 Å².